The summed E-state index contributed by atoms with van der Waals surface area (Å²) in [7, 11) is 0. The van der Waals surface area contributed by atoms with Crippen LogP contribution in [0.4, 0.5) is 0 Å². The van der Waals surface area contributed by atoms with Gasteiger partial charge in [-0.25, -0.2) is 0 Å². The van der Waals surface area contributed by atoms with Crippen molar-refractivity contribution in [3.63, 3.8) is 0 Å². The highest BCUT2D eigenvalue weighted by Gasteiger charge is 1.96. The summed E-state index contributed by atoms with van der Waals surface area (Å²) >= 11 is 0. The number of hydrogen-bond donors (Lipinski definition) is 1. The molecule has 1 aromatic carbocycles. The van der Waals surface area contributed by atoms with Crippen molar-refractivity contribution in [2.24, 2.45) is 0 Å². The molecule has 0 fully saturated rings. The van der Waals surface area contributed by atoms with Crippen molar-refractivity contribution in [2.75, 3.05) is 0 Å². The van der Waals surface area contributed by atoms with Crippen molar-refractivity contribution in [3.05, 3.63) is 59.1 Å². The summed E-state index contributed by atoms with van der Waals surface area (Å²) in [5, 5.41) is 9.06. The summed E-state index contributed by atoms with van der Waals surface area (Å²) in [6, 6.07) is 8.55. The van der Waals surface area contributed by atoms with E-state index in [1.165, 1.54) is 0 Å². The summed E-state index contributed by atoms with van der Waals surface area (Å²) in [5.41, 5.74) is 2.04. The smallest absolute Gasteiger partial charge is 0.153 e. The molecule has 0 radical (unpaired) electrons. The third kappa shape index (κ3) is 5.48. The number of hydrogen-bond acceptors (Lipinski definition) is 4. The van der Waals surface area contributed by atoms with Crippen LogP contribution in [0.15, 0.2) is 46.6 Å². The van der Waals surface area contributed by atoms with E-state index in [2.05, 4.69) is 0 Å². The van der Waals surface area contributed by atoms with Gasteiger partial charge in [-0.1, -0.05) is 13.0 Å². The number of phenolic OH excluding ortho intramolecular Hbond substituents is 1. The Kier molecular flexibility index (Phi) is 6.68. The molecule has 21 heavy (non-hydrogen) atoms. The van der Waals surface area contributed by atoms with E-state index >= 15 is 0 Å². The van der Waals surface area contributed by atoms with Gasteiger partial charge in [-0.3, -0.25) is 9.59 Å². The second-order valence-electron chi connectivity index (χ2n) is 4.39. The van der Waals surface area contributed by atoms with Crippen molar-refractivity contribution in [3.8, 4) is 5.75 Å². The molecule has 0 spiro atoms. The van der Waals surface area contributed by atoms with Crippen molar-refractivity contribution in [1.29, 1.82) is 0 Å². The van der Waals surface area contributed by atoms with Crippen LogP contribution < -0.4 is 0 Å². The van der Waals surface area contributed by atoms with Gasteiger partial charge in [0, 0.05) is 0 Å². The maximum absolute atomic E-state index is 10.4. The zero-order valence-corrected chi connectivity index (χ0v) is 12.1. The van der Waals surface area contributed by atoms with E-state index in [9.17, 15) is 9.59 Å². The van der Waals surface area contributed by atoms with Crippen LogP contribution in [0, 0.1) is 6.92 Å². The molecule has 0 saturated heterocycles. The number of allylic oxidation sites excluding steroid dienone is 1. The van der Waals surface area contributed by atoms with Crippen molar-refractivity contribution in [2.45, 2.75) is 20.3 Å². The first-order chi connectivity index (χ1) is 10.1. The van der Waals surface area contributed by atoms with E-state index in [1.54, 1.807) is 36.6 Å². The van der Waals surface area contributed by atoms with E-state index in [0.29, 0.717) is 11.8 Å². The third-order valence-electron chi connectivity index (χ3n) is 2.74. The van der Waals surface area contributed by atoms with Gasteiger partial charge in [0.15, 0.2) is 6.29 Å². The fourth-order valence-electron chi connectivity index (χ4n) is 1.53. The molecule has 0 saturated carbocycles. The van der Waals surface area contributed by atoms with E-state index in [0.717, 1.165) is 29.6 Å². The molecule has 0 atom stereocenters. The number of carbonyl (C=O) groups excluding carboxylic acids is 2. The molecule has 1 aromatic heterocycles. The number of aromatic hydroxyl groups is 1. The minimum atomic E-state index is 0.0509. The maximum Gasteiger partial charge on any atom is 0.153 e. The lowest BCUT2D eigenvalue weighted by Crippen LogP contribution is -1.80. The molecule has 1 heterocycles. The molecule has 0 unspecified atom stereocenters. The maximum atomic E-state index is 10.4. The third-order valence-corrected chi connectivity index (χ3v) is 2.74. The fraction of sp³-hybridized carbons (Fsp3) is 0.176. The Morgan fingerprint density at radius 1 is 1.29 bits per heavy atom. The van der Waals surface area contributed by atoms with Crippen molar-refractivity contribution in [1.82, 2.24) is 0 Å². The summed E-state index contributed by atoms with van der Waals surface area (Å²) in [5.74, 6) is 0.781. The van der Waals surface area contributed by atoms with Gasteiger partial charge >= 0.3 is 0 Å². The summed E-state index contributed by atoms with van der Waals surface area (Å²) in [6.45, 7) is 3.79. The minimum Gasteiger partial charge on any atom is -0.507 e. The topological polar surface area (TPSA) is 67.5 Å². The number of rotatable bonds is 4. The van der Waals surface area contributed by atoms with Crippen LogP contribution in [0.3, 0.4) is 0 Å². The highest BCUT2D eigenvalue weighted by molar-refractivity contribution is 5.80. The van der Waals surface area contributed by atoms with Crippen molar-refractivity contribution < 1.29 is 19.1 Å². The zero-order valence-electron chi connectivity index (χ0n) is 12.1. The Balaban J connectivity index is 0.000000211. The number of furan rings is 1. The van der Waals surface area contributed by atoms with Gasteiger partial charge in [0.2, 0.25) is 0 Å². The van der Waals surface area contributed by atoms with Gasteiger partial charge in [-0.15, -0.1) is 0 Å². The molecule has 4 nitrogen and oxygen atoms in total. The van der Waals surface area contributed by atoms with Gasteiger partial charge in [0.05, 0.1) is 11.8 Å². The van der Waals surface area contributed by atoms with Crippen LogP contribution in [0.25, 0.3) is 6.08 Å². The SMILES string of the molecule is CCC(C=O)=Cc1ccco1.Cc1ccc(C=O)c(O)c1. The Bertz CT molecular complexity index is 610. The summed E-state index contributed by atoms with van der Waals surface area (Å²) in [6.07, 6.45) is 5.55. The average Bonchev–Trinajstić information content (AvgIpc) is 2.98. The second kappa shape index (κ2) is 8.53. The molecular formula is C17H18O4. The molecule has 4 heteroatoms. The van der Waals surface area contributed by atoms with Gasteiger partial charge in [-0.2, -0.15) is 0 Å². The van der Waals surface area contributed by atoms with E-state index in [1.807, 2.05) is 19.9 Å². The fourth-order valence-corrected chi connectivity index (χ4v) is 1.53. The zero-order chi connectivity index (χ0) is 15.7. The summed E-state index contributed by atoms with van der Waals surface area (Å²) < 4.78 is 5.03. The first-order valence-corrected chi connectivity index (χ1v) is 6.54. The van der Waals surface area contributed by atoms with E-state index < -0.39 is 0 Å². The Morgan fingerprint density at radius 2 is 2.05 bits per heavy atom. The lowest BCUT2D eigenvalue weighted by Gasteiger charge is -1.96. The molecule has 110 valence electrons. The van der Waals surface area contributed by atoms with Crippen LogP contribution in [0.5, 0.6) is 5.75 Å². The van der Waals surface area contributed by atoms with Gasteiger partial charge < -0.3 is 9.52 Å². The monoisotopic (exact) mass is 286 g/mol. The van der Waals surface area contributed by atoms with Gasteiger partial charge in [0.25, 0.3) is 0 Å². The quantitative estimate of drug-likeness (QED) is 0.686. The molecule has 0 aliphatic rings. The van der Waals surface area contributed by atoms with Crippen LogP contribution in [-0.4, -0.2) is 17.7 Å². The highest BCUT2D eigenvalue weighted by Crippen LogP contribution is 2.15. The predicted molar refractivity (Wildman–Crippen MR) is 81.3 cm³/mol. The Hall–Kier alpha value is -2.62. The normalized spacial score (nSPS) is 10.5. The molecule has 2 aromatic rings. The molecule has 1 N–H and O–H groups in total. The first-order valence-electron chi connectivity index (χ1n) is 6.54. The number of aryl methyl sites for hydroxylation is 1. The Labute approximate surface area is 123 Å². The lowest BCUT2D eigenvalue weighted by atomic mass is 10.1. The van der Waals surface area contributed by atoms with E-state index in [4.69, 9.17) is 9.52 Å². The number of aldehydes is 2. The second-order valence-corrected chi connectivity index (χ2v) is 4.39. The number of benzene rings is 1. The van der Waals surface area contributed by atoms with Gasteiger partial charge in [-0.05, 0) is 54.8 Å². The van der Waals surface area contributed by atoms with E-state index in [-0.39, 0.29) is 5.75 Å². The number of carbonyl (C=O) groups is 2. The largest absolute Gasteiger partial charge is 0.507 e. The molecule has 0 aliphatic heterocycles. The van der Waals surface area contributed by atoms with Crippen molar-refractivity contribution >= 4 is 18.6 Å². The molecular weight excluding hydrogens is 268 g/mol. The summed E-state index contributed by atoms with van der Waals surface area (Å²) in [4.78, 5) is 20.5. The van der Waals surface area contributed by atoms with Gasteiger partial charge in [0.1, 0.15) is 17.8 Å². The average molecular weight is 286 g/mol. The highest BCUT2D eigenvalue weighted by atomic mass is 16.3. The molecule has 0 amide bonds. The molecule has 0 bridgehead atoms. The lowest BCUT2D eigenvalue weighted by molar-refractivity contribution is -0.104. The Morgan fingerprint density at radius 3 is 2.52 bits per heavy atom. The van der Waals surface area contributed by atoms with Crippen LogP contribution in [0.2, 0.25) is 0 Å². The molecule has 2 rings (SSSR count). The van der Waals surface area contributed by atoms with Crippen LogP contribution in [-0.2, 0) is 4.79 Å². The molecule has 0 aliphatic carbocycles. The predicted octanol–water partition coefficient (Wildman–Crippen LogP) is 3.79. The van der Waals surface area contributed by atoms with Crippen LogP contribution >= 0.6 is 0 Å². The first kappa shape index (κ1) is 16.4. The minimum absolute atomic E-state index is 0.0509. The number of phenols is 1. The standard InChI is InChI=1S/C9H10O2.C8H8O2/c1-2-8(7-10)6-9-4-3-5-11-9;1-6-2-3-7(5-9)8(10)4-6/h3-7H,2H2,1H3;2-5,10H,1H3. The van der Waals surface area contributed by atoms with Crippen LogP contribution in [0.1, 0.15) is 35.0 Å².